The molecule has 0 aliphatic rings. The van der Waals surface area contributed by atoms with E-state index in [1.165, 1.54) is 0 Å². The summed E-state index contributed by atoms with van der Waals surface area (Å²) in [6, 6.07) is 0. The van der Waals surface area contributed by atoms with E-state index in [1.54, 1.807) is 0 Å². The molecule has 2 heteroatoms. The summed E-state index contributed by atoms with van der Waals surface area (Å²) in [5.74, 6) is 0. The molecule has 0 saturated carbocycles. The van der Waals surface area contributed by atoms with Crippen LogP contribution >= 0.6 is 0 Å². The summed E-state index contributed by atoms with van der Waals surface area (Å²) >= 11 is 0. The Kier molecular flexibility index (Phi) is 2.66. The fourth-order valence-corrected chi connectivity index (χ4v) is 0. The van der Waals surface area contributed by atoms with Crippen LogP contribution in [0, 0.1) is 0 Å². The summed E-state index contributed by atoms with van der Waals surface area (Å²) in [4.78, 5) is 0. The molecule has 0 aromatic heterocycles. The Morgan fingerprint density at radius 3 is 1.60 bits per heavy atom. The van der Waals surface area contributed by atoms with Gasteiger partial charge in [0.2, 0.25) is 0 Å². The van der Waals surface area contributed by atoms with E-state index in [0.29, 0.717) is 9.39 Å². The van der Waals surface area contributed by atoms with E-state index < -0.39 is 0 Å². The first-order valence-electron chi connectivity index (χ1n) is 2.27. The maximum absolute atomic E-state index is 2.34. The van der Waals surface area contributed by atoms with Crippen molar-refractivity contribution >= 4 is 15.7 Å². The zero-order valence-corrected chi connectivity index (χ0v) is 5.70. The lowest BCUT2D eigenvalue weighted by Crippen LogP contribution is -2.06. The number of hydrogen-bond donors (Lipinski definition) is 0. The molecule has 5 heavy (non-hydrogen) atoms. The van der Waals surface area contributed by atoms with Gasteiger partial charge in [-0.3, -0.25) is 0 Å². The fraction of sp³-hybridized carbons (Fsp3) is 1.00. The Balaban J connectivity index is 2.54. The maximum Gasteiger partial charge on any atom is 0.119 e. The Labute approximate surface area is 36.8 Å². The summed E-state index contributed by atoms with van der Waals surface area (Å²) in [7, 11) is 0.349. The minimum absolute atomic E-state index is 0.349. The van der Waals surface area contributed by atoms with E-state index in [-0.39, 0.29) is 0 Å². The topological polar surface area (TPSA) is 0 Å². The van der Waals surface area contributed by atoms with Crippen molar-refractivity contribution < 1.29 is 0 Å². The van der Waals surface area contributed by atoms with E-state index in [4.69, 9.17) is 0 Å². The molecule has 0 atom stereocenters. The van der Waals surface area contributed by atoms with E-state index in [1.807, 2.05) is 0 Å². The van der Waals surface area contributed by atoms with E-state index >= 15 is 0 Å². The van der Waals surface area contributed by atoms with Crippen LogP contribution in [-0.2, 0) is 0 Å². The highest BCUT2D eigenvalue weighted by atomic mass is 28.2. The van der Waals surface area contributed by atoms with Gasteiger partial charge in [-0.25, -0.2) is 0 Å². The first kappa shape index (κ1) is 5.28. The number of hydrogen-bond acceptors (Lipinski definition) is 0. The molecule has 0 aromatic rings. The predicted molar refractivity (Wildman–Crippen MR) is 31.9 cm³/mol. The van der Waals surface area contributed by atoms with Gasteiger partial charge in [0.05, 0.1) is 0 Å². The normalized spacial score (nSPS) is 10.2. The number of rotatable bonds is 1. The molecule has 0 unspecified atom stereocenters. The Morgan fingerprint density at radius 1 is 1.40 bits per heavy atom. The summed E-state index contributed by atoms with van der Waals surface area (Å²) in [5, 5.41) is 0. The molecule has 0 fully saturated rings. The predicted octanol–water partition coefficient (Wildman–Crippen LogP) is 0.454. The minimum atomic E-state index is 0.349. The lowest BCUT2D eigenvalue weighted by molar-refractivity contribution is 2.07. The molecule has 0 heterocycles. The van der Waals surface area contributed by atoms with Gasteiger partial charge in [0.25, 0.3) is 0 Å². The van der Waals surface area contributed by atoms with Crippen molar-refractivity contribution in [1.82, 2.24) is 0 Å². The van der Waals surface area contributed by atoms with Crippen molar-refractivity contribution in [3.8, 4) is 0 Å². The van der Waals surface area contributed by atoms with E-state index in [9.17, 15) is 0 Å². The molecular weight excluding hydrogens is 74.9 g/mol. The molecule has 0 rings (SSSR count). The zero-order chi connectivity index (χ0) is 4.28. The van der Waals surface area contributed by atoms with Gasteiger partial charge in [-0.15, -0.1) is 0 Å². The molecule has 0 spiro atoms. The third-order valence-electron chi connectivity index (χ3n) is 0.816. The van der Waals surface area contributed by atoms with Crippen LogP contribution in [0.1, 0.15) is 0 Å². The van der Waals surface area contributed by atoms with Crippen LogP contribution in [0.3, 0.4) is 0 Å². The van der Waals surface area contributed by atoms with Gasteiger partial charge < -0.3 is 0 Å². The lowest BCUT2D eigenvalue weighted by atomic mass is 9.84. The minimum Gasteiger partial charge on any atom is -0.0889 e. The average Bonchev–Trinajstić information content (AvgIpc) is 1.38. The summed E-state index contributed by atoms with van der Waals surface area (Å²) in [5.41, 5.74) is 0. The van der Waals surface area contributed by atoms with Gasteiger partial charge in [0.1, 0.15) is 6.31 Å². The van der Waals surface area contributed by atoms with Crippen molar-refractivity contribution in [2.45, 2.75) is 20.2 Å². The Morgan fingerprint density at radius 2 is 1.60 bits per heavy atom. The third kappa shape index (κ3) is 4.28. The molecule has 0 aliphatic carbocycles. The molecule has 30 valence electrons. The molecule has 0 bridgehead atoms. The average molecular weight is 86.0 g/mol. The van der Waals surface area contributed by atoms with Crippen LogP contribution in [0.25, 0.3) is 0 Å². The van der Waals surface area contributed by atoms with Gasteiger partial charge in [0.15, 0.2) is 0 Å². The molecule has 0 N–H and O–H groups in total. The monoisotopic (exact) mass is 86.1 g/mol. The molecule has 0 radical (unpaired) electrons. The van der Waals surface area contributed by atoms with Gasteiger partial charge in [0, 0.05) is 0 Å². The van der Waals surface area contributed by atoms with Gasteiger partial charge in [-0.1, -0.05) is 20.2 Å². The third-order valence-corrected chi connectivity index (χ3v) is 2.45. The molecule has 0 saturated heterocycles. The summed E-state index contributed by atoms with van der Waals surface area (Å²) < 4.78 is 0. The van der Waals surface area contributed by atoms with Gasteiger partial charge in [-0.05, 0) is 9.39 Å². The fourth-order valence-electron chi connectivity index (χ4n) is 0. The van der Waals surface area contributed by atoms with Gasteiger partial charge >= 0.3 is 0 Å². The first-order chi connectivity index (χ1) is 2.27. The van der Waals surface area contributed by atoms with Crippen molar-refractivity contribution in [3.63, 3.8) is 0 Å². The highest BCUT2D eigenvalue weighted by molar-refractivity contribution is 7.10. The smallest absolute Gasteiger partial charge is 0.0889 e. The van der Waals surface area contributed by atoms with E-state index in [2.05, 4.69) is 20.2 Å². The first-order valence-corrected chi connectivity index (χ1v) is 4.50. The molecule has 0 nitrogen and oxygen atoms in total. The molecule has 0 aliphatic heterocycles. The maximum atomic E-state index is 2.34. The quantitative estimate of drug-likeness (QED) is 0.406. The largest absolute Gasteiger partial charge is 0.119 e. The summed E-state index contributed by atoms with van der Waals surface area (Å²) in [6.45, 7) is 6.91. The van der Waals surface area contributed by atoms with Crippen molar-refractivity contribution in [1.29, 1.82) is 0 Å². The van der Waals surface area contributed by atoms with Crippen LogP contribution in [0.15, 0.2) is 0 Å². The van der Waals surface area contributed by atoms with Crippen LogP contribution in [0.5, 0.6) is 0 Å². The van der Waals surface area contributed by atoms with Gasteiger partial charge in [-0.2, -0.15) is 0 Å². The lowest BCUT2D eigenvalue weighted by Gasteiger charge is -1.83. The van der Waals surface area contributed by atoms with Crippen LogP contribution in [0.2, 0.25) is 20.2 Å². The van der Waals surface area contributed by atoms with Crippen LogP contribution in [0.4, 0.5) is 0 Å². The standard InChI is InChI=1S/C3H11BSi/c1-4(2)5-3/h5H2,1-3H3. The Bertz CT molecular complexity index is 20.9. The van der Waals surface area contributed by atoms with Crippen LogP contribution < -0.4 is 0 Å². The Hall–Kier alpha value is 0.282. The van der Waals surface area contributed by atoms with Crippen molar-refractivity contribution in [2.24, 2.45) is 0 Å². The second-order valence-corrected chi connectivity index (χ2v) is 4.25. The van der Waals surface area contributed by atoms with Crippen LogP contribution in [-0.4, -0.2) is 15.7 Å². The SMILES string of the molecule is C[SiH2]B(C)C. The van der Waals surface area contributed by atoms with Crippen molar-refractivity contribution in [3.05, 3.63) is 0 Å². The molecule has 0 amide bonds. The van der Waals surface area contributed by atoms with E-state index in [0.717, 1.165) is 6.31 Å². The molecular formula is C3H11BSi. The second-order valence-electron chi connectivity index (χ2n) is 1.80. The highest BCUT2D eigenvalue weighted by Gasteiger charge is 1.87. The van der Waals surface area contributed by atoms with Crippen molar-refractivity contribution in [2.75, 3.05) is 0 Å². The highest BCUT2D eigenvalue weighted by Crippen LogP contribution is 1.69. The zero-order valence-electron chi connectivity index (χ0n) is 4.28. The molecule has 0 aromatic carbocycles. The summed E-state index contributed by atoms with van der Waals surface area (Å²) in [6.07, 6.45) is 1.02. The second kappa shape index (κ2) is 2.52.